The first-order valence-electron chi connectivity index (χ1n) is 6.50. The molecule has 0 bridgehead atoms. The molecule has 2 rings (SSSR count). The van der Waals surface area contributed by atoms with Crippen LogP contribution < -0.4 is 5.32 Å². The normalized spacial score (nSPS) is 13.9. The minimum absolute atomic E-state index is 0.0566. The van der Waals surface area contributed by atoms with Gasteiger partial charge >= 0.3 is 0 Å². The van der Waals surface area contributed by atoms with Gasteiger partial charge in [0.05, 0.1) is 17.0 Å². The third kappa shape index (κ3) is 3.62. The zero-order valence-electron chi connectivity index (χ0n) is 11.8. The molecule has 2 atom stereocenters. The number of rotatable bonds is 6. The van der Waals surface area contributed by atoms with E-state index in [9.17, 15) is 15.2 Å². The fourth-order valence-corrected chi connectivity index (χ4v) is 2.70. The van der Waals surface area contributed by atoms with E-state index in [1.165, 1.54) is 12.1 Å². The van der Waals surface area contributed by atoms with Crippen LogP contribution in [0.15, 0.2) is 30.3 Å². The Hall–Kier alpha value is -1.86. The molecule has 0 aliphatic rings. The molecule has 1 aromatic heterocycles. The number of non-ortho nitro benzene ring substituents is 1. The molecule has 0 saturated heterocycles. The highest BCUT2D eigenvalue weighted by molar-refractivity contribution is 7.99. The van der Waals surface area contributed by atoms with Crippen LogP contribution in [0.4, 0.5) is 11.5 Å². The van der Waals surface area contributed by atoms with Gasteiger partial charge < -0.3 is 10.4 Å². The van der Waals surface area contributed by atoms with Gasteiger partial charge in [0.1, 0.15) is 5.82 Å². The van der Waals surface area contributed by atoms with Gasteiger partial charge in [-0.3, -0.25) is 10.1 Å². The molecule has 0 saturated carbocycles. The first-order chi connectivity index (χ1) is 10.0. The molecule has 0 aliphatic carbocycles. The van der Waals surface area contributed by atoms with Crippen LogP contribution in [-0.4, -0.2) is 39.2 Å². The number of anilines is 1. The van der Waals surface area contributed by atoms with E-state index in [0.717, 1.165) is 5.39 Å². The smallest absolute Gasteiger partial charge is 0.270 e. The summed E-state index contributed by atoms with van der Waals surface area (Å²) in [5.41, 5.74) is 0.753. The number of fused-ring (bicyclic) bond motifs is 1. The SMILES string of the molecule is CSC(CO)C(C)Nc1ccc2cc([N+](=O)[O-])ccc2n1. The standard InChI is InChI=1S/C14H17N3O3S/c1-9(13(8-18)21-2)15-14-6-3-10-7-11(17(19)20)4-5-12(10)16-14/h3-7,9,13,18H,8H2,1-2H3,(H,15,16). The lowest BCUT2D eigenvalue weighted by molar-refractivity contribution is -0.384. The average molecular weight is 307 g/mol. The number of nitrogens with zero attached hydrogens (tertiary/aromatic N) is 2. The zero-order valence-corrected chi connectivity index (χ0v) is 12.6. The fraction of sp³-hybridized carbons (Fsp3) is 0.357. The largest absolute Gasteiger partial charge is 0.395 e. The predicted molar refractivity (Wildman–Crippen MR) is 85.9 cm³/mol. The molecule has 21 heavy (non-hydrogen) atoms. The maximum atomic E-state index is 10.7. The molecule has 7 heteroatoms. The van der Waals surface area contributed by atoms with Crippen molar-refractivity contribution in [1.29, 1.82) is 0 Å². The van der Waals surface area contributed by atoms with E-state index in [1.807, 2.05) is 13.2 Å². The van der Waals surface area contributed by atoms with Crippen molar-refractivity contribution < 1.29 is 10.0 Å². The third-order valence-corrected chi connectivity index (χ3v) is 4.46. The maximum absolute atomic E-state index is 10.7. The molecule has 6 nitrogen and oxygen atoms in total. The van der Waals surface area contributed by atoms with Crippen LogP contribution in [0.5, 0.6) is 0 Å². The van der Waals surface area contributed by atoms with E-state index < -0.39 is 4.92 Å². The van der Waals surface area contributed by atoms with Crippen molar-refractivity contribution >= 4 is 34.2 Å². The van der Waals surface area contributed by atoms with Crippen molar-refractivity contribution in [3.8, 4) is 0 Å². The fourth-order valence-electron chi connectivity index (χ4n) is 2.07. The zero-order chi connectivity index (χ0) is 15.4. The topological polar surface area (TPSA) is 88.3 Å². The van der Waals surface area contributed by atoms with Gasteiger partial charge in [-0.25, -0.2) is 4.98 Å². The van der Waals surface area contributed by atoms with Gasteiger partial charge in [0.15, 0.2) is 0 Å². The lowest BCUT2D eigenvalue weighted by Crippen LogP contribution is -2.31. The van der Waals surface area contributed by atoms with Crippen molar-refractivity contribution in [3.05, 3.63) is 40.4 Å². The maximum Gasteiger partial charge on any atom is 0.270 e. The van der Waals surface area contributed by atoms with Gasteiger partial charge in [-0.05, 0) is 31.4 Å². The summed E-state index contributed by atoms with van der Waals surface area (Å²) in [7, 11) is 0. The predicted octanol–water partition coefficient (Wildman–Crippen LogP) is 2.67. The van der Waals surface area contributed by atoms with Gasteiger partial charge in [0.2, 0.25) is 0 Å². The molecule has 1 heterocycles. The van der Waals surface area contributed by atoms with Crippen LogP contribution >= 0.6 is 11.8 Å². The molecule has 2 aromatic rings. The van der Waals surface area contributed by atoms with E-state index in [4.69, 9.17) is 0 Å². The van der Waals surface area contributed by atoms with Crippen LogP contribution in [0.1, 0.15) is 6.92 Å². The number of thioether (sulfide) groups is 1. The number of pyridine rings is 1. The van der Waals surface area contributed by atoms with Crippen LogP contribution in [0.3, 0.4) is 0 Å². The molecule has 0 radical (unpaired) electrons. The first-order valence-corrected chi connectivity index (χ1v) is 7.79. The average Bonchev–Trinajstić information content (AvgIpc) is 2.47. The number of nitro groups is 1. The van der Waals surface area contributed by atoms with E-state index in [1.54, 1.807) is 30.0 Å². The Morgan fingerprint density at radius 1 is 1.43 bits per heavy atom. The monoisotopic (exact) mass is 307 g/mol. The third-order valence-electron chi connectivity index (χ3n) is 3.30. The van der Waals surface area contributed by atoms with Crippen LogP contribution in [0.25, 0.3) is 10.9 Å². The Labute approximate surface area is 126 Å². The molecule has 0 amide bonds. The summed E-state index contributed by atoms with van der Waals surface area (Å²) < 4.78 is 0. The van der Waals surface area contributed by atoms with E-state index in [2.05, 4.69) is 10.3 Å². The number of nitrogens with one attached hydrogen (secondary N) is 1. The Morgan fingerprint density at radius 2 is 2.19 bits per heavy atom. The Morgan fingerprint density at radius 3 is 2.81 bits per heavy atom. The molecular weight excluding hydrogens is 290 g/mol. The van der Waals surface area contributed by atoms with Crippen molar-refractivity contribution in [2.45, 2.75) is 18.2 Å². The summed E-state index contributed by atoms with van der Waals surface area (Å²) in [4.78, 5) is 14.8. The second kappa shape index (κ2) is 6.73. The van der Waals surface area contributed by atoms with Gasteiger partial charge in [0.25, 0.3) is 5.69 Å². The number of aliphatic hydroxyl groups excluding tert-OH is 1. The molecule has 2 unspecified atom stereocenters. The Balaban J connectivity index is 2.23. The van der Waals surface area contributed by atoms with Crippen molar-refractivity contribution in [1.82, 2.24) is 4.98 Å². The van der Waals surface area contributed by atoms with Gasteiger partial charge in [-0.1, -0.05) is 0 Å². The highest BCUT2D eigenvalue weighted by Crippen LogP contribution is 2.22. The van der Waals surface area contributed by atoms with E-state index in [0.29, 0.717) is 11.3 Å². The summed E-state index contributed by atoms with van der Waals surface area (Å²) in [6.07, 6.45) is 1.95. The lowest BCUT2D eigenvalue weighted by atomic mass is 10.2. The van der Waals surface area contributed by atoms with E-state index in [-0.39, 0.29) is 23.6 Å². The summed E-state index contributed by atoms with van der Waals surface area (Å²) >= 11 is 1.59. The second-order valence-electron chi connectivity index (χ2n) is 4.72. The quantitative estimate of drug-likeness (QED) is 0.630. The molecular formula is C14H17N3O3S. The number of nitro benzene ring substituents is 1. The summed E-state index contributed by atoms with van der Waals surface area (Å²) in [5.74, 6) is 0.691. The molecule has 0 aliphatic heterocycles. The number of benzene rings is 1. The number of aliphatic hydroxyl groups is 1. The summed E-state index contributed by atoms with van der Waals surface area (Å²) in [6.45, 7) is 2.08. The summed E-state index contributed by atoms with van der Waals surface area (Å²) in [6, 6.07) is 8.25. The molecule has 1 aromatic carbocycles. The van der Waals surface area contributed by atoms with Crippen molar-refractivity contribution in [2.24, 2.45) is 0 Å². The highest BCUT2D eigenvalue weighted by atomic mass is 32.2. The Kier molecular flexibility index (Phi) is 4.98. The van der Waals surface area contributed by atoms with Crippen LogP contribution in [0, 0.1) is 10.1 Å². The van der Waals surface area contributed by atoms with Crippen molar-refractivity contribution in [3.63, 3.8) is 0 Å². The van der Waals surface area contributed by atoms with Gasteiger partial charge in [-0.15, -0.1) is 0 Å². The minimum atomic E-state index is -0.419. The van der Waals surface area contributed by atoms with E-state index >= 15 is 0 Å². The number of hydrogen-bond donors (Lipinski definition) is 2. The molecule has 0 fully saturated rings. The van der Waals surface area contributed by atoms with Gasteiger partial charge in [-0.2, -0.15) is 11.8 Å². The van der Waals surface area contributed by atoms with Crippen LogP contribution in [0.2, 0.25) is 0 Å². The second-order valence-corrected chi connectivity index (χ2v) is 5.80. The summed E-state index contributed by atoms with van der Waals surface area (Å²) in [5, 5.41) is 24.1. The number of aromatic nitrogens is 1. The highest BCUT2D eigenvalue weighted by Gasteiger charge is 2.15. The van der Waals surface area contributed by atoms with Crippen molar-refractivity contribution in [2.75, 3.05) is 18.2 Å². The molecule has 0 spiro atoms. The lowest BCUT2D eigenvalue weighted by Gasteiger charge is -2.21. The Bertz CT molecular complexity index is 646. The minimum Gasteiger partial charge on any atom is -0.395 e. The molecule has 112 valence electrons. The van der Waals surface area contributed by atoms with Gasteiger partial charge in [0, 0.05) is 28.8 Å². The molecule has 2 N–H and O–H groups in total. The number of hydrogen-bond acceptors (Lipinski definition) is 6. The first kappa shape index (κ1) is 15.5. The van der Waals surface area contributed by atoms with Crippen LogP contribution in [-0.2, 0) is 0 Å².